The number of aromatic nitrogens is 4. The number of amides is 2. The van der Waals surface area contributed by atoms with Gasteiger partial charge in [0.2, 0.25) is 23.7 Å². The molecule has 0 bridgehead atoms. The average Bonchev–Trinajstić information content (AvgIpc) is 3.25. The van der Waals surface area contributed by atoms with E-state index in [4.69, 9.17) is 15.9 Å². The molecule has 24 nitrogen and oxygen atoms in total. The lowest BCUT2D eigenvalue weighted by Crippen LogP contribution is -2.49. The summed E-state index contributed by atoms with van der Waals surface area (Å²) >= 11 is 0. The first-order chi connectivity index (χ1) is 31.1. The number of aldehydes is 1. The summed E-state index contributed by atoms with van der Waals surface area (Å²) in [4.78, 5) is 106. The van der Waals surface area contributed by atoms with Crippen LogP contribution in [-0.4, -0.2) is 181 Å². The molecule has 10 N–H and O–H groups in total. The number of carboxylic acids is 3. The summed E-state index contributed by atoms with van der Waals surface area (Å²) < 4.78 is 5.43. The number of nitrogens with zero attached hydrogens (tertiary/aromatic N) is 7. The number of carbonyl (C=O) groups is 6. The maximum absolute atomic E-state index is 13.2. The van der Waals surface area contributed by atoms with Crippen molar-refractivity contribution in [2.45, 2.75) is 25.5 Å². The molecule has 1 aliphatic heterocycles. The Hall–Kier alpha value is -7.41. The van der Waals surface area contributed by atoms with Crippen LogP contribution in [0.3, 0.4) is 0 Å². The van der Waals surface area contributed by atoms with Gasteiger partial charge >= 0.3 is 17.9 Å². The number of hydrogen-bond donors (Lipinski definition) is 9. The number of nitrogen functional groups attached to an aromatic ring is 1. The second-order valence-electron chi connectivity index (χ2n) is 15.0. The highest BCUT2D eigenvalue weighted by Gasteiger charge is 2.24. The Bertz CT molecular complexity index is 2380. The lowest BCUT2D eigenvalue weighted by atomic mass is 10.1. The van der Waals surface area contributed by atoms with Crippen molar-refractivity contribution in [2.75, 3.05) is 100 Å². The zero-order valence-electron chi connectivity index (χ0n) is 35.3. The van der Waals surface area contributed by atoms with E-state index in [9.17, 15) is 48.9 Å². The summed E-state index contributed by atoms with van der Waals surface area (Å²) in [5, 5.41) is 45.5. The largest absolute Gasteiger partial charge is 0.480 e. The van der Waals surface area contributed by atoms with Crippen LogP contribution in [-0.2, 0) is 40.0 Å². The number of hydrogen-bond acceptors (Lipinski definition) is 18. The smallest absolute Gasteiger partial charge is 0.344 e. The van der Waals surface area contributed by atoms with E-state index < -0.39 is 41.4 Å². The third-order valence-electron chi connectivity index (χ3n) is 10.1. The second kappa shape index (κ2) is 23.9. The molecule has 4 aromatic rings. The third-order valence-corrected chi connectivity index (χ3v) is 10.1. The van der Waals surface area contributed by atoms with E-state index in [1.54, 1.807) is 58.3 Å². The molecule has 1 saturated heterocycles. The molecule has 0 radical (unpaired) electrons. The average molecular weight is 902 g/mol. The zero-order chi connectivity index (χ0) is 46.9. The fourth-order valence-corrected chi connectivity index (χ4v) is 6.68. The molecule has 1 unspecified atom stereocenters. The summed E-state index contributed by atoms with van der Waals surface area (Å²) in [6, 6.07) is 12.7. The number of aromatic amines is 1. The molecule has 1 fully saturated rings. The van der Waals surface area contributed by atoms with Crippen LogP contribution < -0.4 is 27.2 Å². The number of carboxylic acid groups (broad SMARTS) is 3. The Morgan fingerprint density at radius 3 is 1.83 bits per heavy atom. The summed E-state index contributed by atoms with van der Waals surface area (Å²) in [6.45, 7) is 2.55. The normalized spacial score (nSPS) is 15.1. The molecule has 0 spiro atoms. The van der Waals surface area contributed by atoms with Crippen LogP contribution in [0.25, 0.3) is 11.2 Å². The van der Waals surface area contributed by atoms with Crippen LogP contribution in [0.4, 0.5) is 23.0 Å². The quantitative estimate of drug-likeness (QED) is 0.0330. The van der Waals surface area contributed by atoms with Crippen LogP contribution in [0.5, 0.6) is 0 Å². The van der Waals surface area contributed by atoms with Gasteiger partial charge in [-0.3, -0.25) is 54.0 Å². The molecule has 2 aromatic heterocycles. The van der Waals surface area contributed by atoms with E-state index in [1.807, 2.05) is 9.80 Å². The van der Waals surface area contributed by atoms with Gasteiger partial charge in [-0.15, -0.1) is 0 Å². The Balaban J connectivity index is 1.08. The van der Waals surface area contributed by atoms with E-state index >= 15 is 0 Å². The maximum Gasteiger partial charge on any atom is 0.344 e. The van der Waals surface area contributed by atoms with E-state index in [0.29, 0.717) is 75.1 Å². The van der Waals surface area contributed by atoms with Crippen molar-refractivity contribution in [2.24, 2.45) is 0 Å². The number of H-pyrrole nitrogens is 1. The number of nitrogens with two attached hydrogens (primary N) is 1. The molecule has 24 heteroatoms. The molecule has 2 aromatic carbocycles. The highest BCUT2D eigenvalue weighted by molar-refractivity contribution is 5.95. The minimum absolute atomic E-state index is 0.0379. The van der Waals surface area contributed by atoms with Crippen LogP contribution >= 0.6 is 0 Å². The van der Waals surface area contributed by atoms with Gasteiger partial charge in [0.25, 0.3) is 5.56 Å². The summed E-state index contributed by atoms with van der Waals surface area (Å²) in [7, 11) is 0. The predicted octanol–water partition coefficient (Wildman–Crippen LogP) is -0.350. The minimum atomic E-state index is -1.50. The van der Waals surface area contributed by atoms with Gasteiger partial charge in [-0.05, 0) is 48.5 Å². The molecule has 2 amide bonds. The molecule has 0 aliphatic carbocycles. The SMILES string of the molecule is N=C(OC(CCC(=O)Nc1ccc(NC(=O)CN2CCN(CC=O)CCN(CC(=O)O)CCN(CC(=O)O)CC2)cc1)C(=O)O)c1ccc(NCc2cnc3nc(N)[nH]c(=O)c3n2)cc1. The Morgan fingerprint density at radius 1 is 0.769 bits per heavy atom. The fourth-order valence-electron chi connectivity index (χ4n) is 6.68. The number of rotatable bonds is 19. The van der Waals surface area contributed by atoms with Crippen molar-refractivity contribution in [3.63, 3.8) is 0 Å². The molecule has 1 aliphatic rings. The Morgan fingerprint density at radius 2 is 1.29 bits per heavy atom. The molecule has 5 rings (SSSR count). The van der Waals surface area contributed by atoms with Crippen molar-refractivity contribution in [1.29, 1.82) is 5.41 Å². The molecule has 346 valence electrons. The summed E-state index contributed by atoms with van der Waals surface area (Å²) in [5.74, 6) is -4.76. The summed E-state index contributed by atoms with van der Waals surface area (Å²) in [6.07, 6.45) is 0.228. The van der Waals surface area contributed by atoms with Crippen molar-refractivity contribution < 1.29 is 48.8 Å². The lowest BCUT2D eigenvalue weighted by Gasteiger charge is -2.32. The van der Waals surface area contributed by atoms with E-state index in [-0.39, 0.29) is 74.1 Å². The van der Waals surface area contributed by atoms with Crippen molar-refractivity contribution in [3.8, 4) is 0 Å². The molecule has 0 saturated carbocycles. The molecular weight excluding hydrogens is 851 g/mol. The number of nitrogens with one attached hydrogen (secondary N) is 5. The molecule has 1 atom stereocenters. The Kier molecular flexibility index (Phi) is 17.9. The van der Waals surface area contributed by atoms with Crippen LogP contribution in [0.15, 0.2) is 59.5 Å². The van der Waals surface area contributed by atoms with E-state index in [2.05, 4.69) is 35.9 Å². The lowest BCUT2D eigenvalue weighted by molar-refractivity contribution is -0.146. The minimum Gasteiger partial charge on any atom is -0.480 e. The number of ether oxygens (including phenoxy) is 1. The van der Waals surface area contributed by atoms with Gasteiger partial charge in [-0.25, -0.2) is 14.8 Å². The number of fused-ring (bicyclic) bond motifs is 1. The molecule has 3 heterocycles. The van der Waals surface area contributed by atoms with Crippen LogP contribution in [0, 0.1) is 5.41 Å². The van der Waals surface area contributed by atoms with Crippen molar-refractivity contribution in [1.82, 2.24) is 39.5 Å². The first kappa shape index (κ1) is 48.6. The van der Waals surface area contributed by atoms with Gasteiger partial charge in [0.05, 0.1) is 44.6 Å². The monoisotopic (exact) mass is 901 g/mol. The van der Waals surface area contributed by atoms with Gasteiger partial charge in [0, 0.05) is 87.8 Å². The predicted molar refractivity (Wildman–Crippen MR) is 236 cm³/mol. The van der Waals surface area contributed by atoms with Gasteiger partial charge in [0.15, 0.2) is 17.3 Å². The van der Waals surface area contributed by atoms with Gasteiger partial charge in [0.1, 0.15) is 6.29 Å². The first-order valence-corrected chi connectivity index (χ1v) is 20.4. The number of carbonyl (C=O) groups excluding carboxylic acids is 3. The van der Waals surface area contributed by atoms with E-state index in [0.717, 1.165) is 6.29 Å². The standard InChI is InChI=1S/C41H51N13O11/c42-37(26-1-3-27(4-2-26)44-21-30-22-45-38-36(48-30)39(62)50-41(43)49-38)65-31(40(63)64)9-10-32(56)46-28-5-7-29(8-6-28)47-33(57)23-52-13-11-51(19-20-55)12-14-53(24-34(58)59)17-18-54(16-15-52)25-35(60)61/h1-8,20,22,31,42,44H,9-19,21,23-25H2,(H,46,56)(H,47,57)(H,58,59)(H,60,61)(H,63,64)(H3,43,45,49,50,62). The number of anilines is 4. The molecular formula is C41H51N13O11. The molecule has 65 heavy (non-hydrogen) atoms. The Labute approximate surface area is 371 Å². The zero-order valence-corrected chi connectivity index (χ0v) is 35.3. The van der Waals surface area contributed by atoms with Crippen molar-refractivity contribution >= 4 is 76.1 Å². The highest BCUT2D eigenvalue weighted by Crippen LogP contribution is 2.17. The van der Waals surface area contributed by atoms with Crippen molar-refractivity contribution in [3.05, 3.63) is 76.3 Å². The second-order valence-corrected chi connectivity index (χ2v) is 15.0. The third kappa shape index (κ3) is 16.0. The first-order valence-electron chi connectivity index (χ1n) is 20.4. The topological polar surface area (TPSA) is 343 Å². The van der Waals surface area contributed by atoms with Gasteiger partial charge in [-0.1, -0.05) is 0 Å². The van der Waals surface area contributed by atoms with Gasteiger partial charge in [-0.2, -0.15) is 4.98 Å². The van der Waals surface area contributed by atoms with Crippen LogP contribution in [0.1, 0.15) is 24.1 Å². The summed E-state index contributed by atoms with van der Waals surface area (Å²) in [5.41, 5.74) is 7.35. The van der Waals surface area contributed by atoms with E-state index in [1.165, 1.54) is 6.20 Å². The van der Waals surface area contributed by atoms with Crippen LogP contribution in [0.2, 0.25) is 0 Å². The number of aliphatic carboxylic acids is 3. The van der Waals surface area contributed by atoms with Gasteiger partial charge < -0.3 is 46.5 Å². The maximum atomic E-state index is 13.2. The highest BCUT2D eigenvalue weighted by atomic mass is 16.5. The fraction of sp³-hybridized carbons (Fsp3) is 0.390. The number of benzene rings is 2.